The first kappa shape index (κ1) is 38.1. The van der Waals surface area contributed by atoms with Gasteiger partial charge in [0.2, 0.25) is 0 Å². The zero-order valence-electron chi connectivity index (χ0n) is 33.4. The van der Waals surface area contributed by atoms with Crippen LogP contribution in [0.1, 0.15) is 119 Å². The third-order valence-corrected chi connectivity index (χ3v) is 14.3. The lowest BCUT2D eigenvalue weighted by Gasteiger charge is -2.54. The second-order valence-corrected chi connectivity index (χ2v) is 18.3. The van der Waals surface area contributed by atoms with Crippen LogP contribution in [0, 0.1) is 35.0 Å². The lowest BCUT2D eigenvalue weighted by molar-refractivity contribution is -0.115. The van der Waals surface area contributed by atoms with Crippen LogP contribution in [0.5, 0.6) is 0 Å². The Balaban J connectivity index is 0.873. The first-order valence-corrected chi connectivity index (χ1v) is 21.5. The van der Waals surface area contributed by atoms with Crippen LogP contribution in [-0.2, 0) is 11.3 Å². The van der Waals surface area contributed by atoms with Gasteiger partial charge in [-0.2, -0.15) is 0 Å². The number of benzene rings is 2. The van der Waals surface area contributed by atoms with E-state index >= 15 is 0 Å². The van der Waals surface area contributed by atoms with E-state index in [1.807, 2.05) is 19.9 Å². The molecule has 9 rings (SSSR count). The van der Waals surface area contributed by atoms with Crippen LogP contribution in [0.3, 0.4) is 0 Å². The summed E-state index contributed by atoms with van der Waals surface area (Å²) in [6, 6.07) is 13.3. The van der Waals surface area contributed by atoms with E-state index in [-0.39, 0.29) is 18.0 Å². The van der Waals surface area contributed by atoms with E-state index in [4.69, 9.17) is 5.41 Å². The number of Topliss-reactive ketones (excluding diaryl/α,β-unsaturated/α-hetero) is 2. The van der Waals surface area contributed by atoms with Gasteiger partial charge in [0.15, 0.2) is 11.6 Å². The fourth-order valence-electron chi connectivity index (χ4n) is 11.5. The molecule has 1 aliphatic heterocycles. The maximum atomic E-state index is 13.9. The third-order valence-electron chi connectivity index (χ3n) is 14.3. The molecule has 0 unspecified atom stereocenters. The van der Waals surface area contributed by atoms with E-state index in [1.54, 1.807) is 0 Å². The van der Waals surface area contributed by atoms with E-state index in [9.17, 15) is 9.59 Å². The van der Waals surface area contributed by atoms with E-state index < -0.39 is 0 Å². The van der Waals surface area contributed by atoms with Crippen LogP contribution in [0.25, 0.3) is 11.1 Å². The standard InChI is InChI=1S/C48H63N5O2/c1-31-18-32(2)42(48(55)19-31)12-13-47(54)44-26-38(27-46(45(44)28-49)51-41-6-4-5-7-41)37-10-8-34(9-11-37)29-52-14-16-53(17-15-52)30-50-33(3)20-43-39-22-35-21-36(24-39)25-40(43)23-35/h8-11,18,26-28,35-36,39-41,43,49-51H,3-7,12-17,19-25,29-30H2,1-2H3. The number of anilines is 1. The molecule has 7 nitrogen and oxygen atoms in total. The first-order chi connectivity index (χ1) is 26.7. The minimum atomic E-state index is -0.0211. The summed E-state index contributed by atoms with van der Waals surface area (Å²) in [5, 5.41) is 15.8. The van der Waals surface area contributed by atoms with Crippen molar-refractivity contribution in [1.29, 1.82) is 5.41 Å². The average Bonchev–Trinajstić information content (AvgIpc) is 3.68. The van der Waals surface area contributed by atoms with Gasteiger partial charge in [-0.25, -0.2) is 0 Å². The number of hydrogen-bond donors (Lipinski definition) is 3. The number of carbonyl (C=O) groups excluding carboxylic acids is 2. The summed E-state index contributed by atoms with van der Waals surface area (Å²) in [7, 11) is 0. The number of hydrogen-bond acceptors (Lipinski definition) is 7. The highest BCUT2D eigenvalue weighted by Crippen LogP contribution is 2.57. The van der Waals surface area contributed by atoms with Crippen LogP contribution in [0.15, 0.2) is 71.5 Å². The maximum absolute atomic E-state index is 13.9. The molecule has 7 heteroatoms. The lowest BCUT2D eigenvalue weighted by Crippen LogP contribution is -2.49. The van der Waals surface area contributed by atoms with Gasteiger partial charge in [0.25, 0.3) is 0 Å². The molecular formula is C48H63N5O2. The van der Waals surface area contributed by atoms with Crippen molar-refractivity contribution in [3.63, 3.8) is 0 Å². The van der Waals surface area contributed by atoms with Gasteiger partial charge in [-0.05, 0) is 141 Å². The Labute approximate surface area is 329 Å². The van der Waals surface area contributed by atoms with Gasteiger partial charge in [0.1, 0.15) is 0 Å². The molecule has 6 fully saturated rings. The van der Waals surface area contributed by atoms with E-state index in [1.165, 1.54) is 68.8 Å². The predicted octanol–water partition coefficient (Wildman–Crippen LogP) is 9.55. The molecule has 4 bridgehead atoms. The second-order valence-electron chi connectivity index (χ2n) is 18.3. The molecule has 7 aliphatic rings. The van der Waals surface area contributed by atoms with Crippen LogP contribution in [0.4, 0.5) is 5.69 Å². The zero-order valence-corrected chi connectivity index (χ0v) is 33.4. The Bertz CT molecular complexity index is 1810. The van der Waals surface area contributed by atoms with Gasteiger partial charge in [0, 0.05) is 80.3 Å². The SMILES string of the molecule is C=C(CC1C2CC3CC(C2)CC1C3)NCN1CCN(Cc2ccc(-c3cc(NC4CCCC4)c(C=N)c(C(=O)CCC4=C(C)C=C(C)CC4=O)c3)cc2)CC1. The van der Waals surface area contributed by atoms with Crippen molar-refractivity contribution >= 4 is 23.5 Å². The van der Waals surface area contributed by atoms with Crippen LogP contribution < -0.4 is 10.6 Å². The maximum Gasteiger partial charge on any atom is 0.163 e. The Morgan fingerprint density at radius 2 is 1.58 bits per heavy atom. The van der Waals surface area contributed by atoms with Crippen molar-refractivity contribution in [3.05, 3.63) is 88.2 Å². The van der Waals surface area contributed by atoms with Crippen molar-refractivity contribution in [3.8, 4) is 11.1 Å². The summed E-state index contributed by atoms with van der Waals surface area (Å²) in [4.78, 5) is 31.8. The van der Waals surface area contributed by atoms with Gasteiger partial charge in [-0.1, -0.05) is 55.3 Å². The highest BCUT2D eigenvalue weighted by molar-refractivity contribution is 6.08. The molecule has 1 heterocycles. The fourth-order valence-corrected chi connectivity index (χ4v) is 11.5. The third kappa shape index (κ3) is 8.78. The molecule has 6 aliphatic carbocycles. The summed E-state index contributed by atoms with van der Waals surface area (Å²) >= 11 is 0. The van der Waals surface area contributed by atoms with Crippen LogP contribution in [-0.4, -0.2) is 66.5 Å². The molecule has 0 spiro atoms. The van der Waals surface area contributed by atoms with Gasteiger partial charge >= 0.3 is 0 Å². The van der Waals surface area contributed by atoms with E-state index in [0.29, 0.717) is 30.0 Å². The van der Waals surface area contributed by atoms with E-state index in [2.05, 4.69) is 63.4 Å². The minimum absolute atomic E-state index is 0.0211. The van der Waals surface area contributed by atoms with Gasteiger partial charge in [-0.15, -0.1) is 0 Å². The van der Waals surface area contributed by atoms with Gasteiger partial charge in [0.05, 0.1) is 6.67 Å². The molecule has 5 saturated carbocycles. The van der Waals surface area contributed by atoms with Crippen molar-refractivity contribution < 1.29 is 9.59 Å². The normalized spacial score (nSPS) is 27.1. The Morgan fingerprint density at radius 1 is 0.909 bits per heavy atom. The number of nitrogens with one attached hydrogen (secondary N) is 3. The summed E-state index contributed by atoms with van der Waals surface area (Å²) in [6.07, 6.45) is 17.7. The van der Waals surface area contributed by atoms with Crippen molar-refractivity contribution in [2.45, 2.75) is 110 Å². The number of carbonyl (C=O) groups is 2. The zero-order chi connectivity index (χ0) is 38.1. The first-order valence-electron chi connectivity index (χ1n) is 21.5. The number of piperazine rings is 1. The fraction of sp³-hybridized carbons (Fsp3) is 0.562. The Morgan fingerprint density at radius 3 is 2.24 bits per heavy atom. The Kier molecular flexibility index (Phi) is 11.6. The van der Waals surface area contributed by atoms with Crippen molar-refractivity contribution in [2.75, 3.05) is 38.2 Å². The van der Waals surface area contributed by atoms with Crippen molar-refractivity contribution in [1.82, 2.24) is 15.1 Å². The predicted molar refractivity (Wildman–Crippen MR) is 224 cm³/mol. The smallest absolute Gasteiger partial charge is 0.163 e. The molecule has 0 atom stereocenters. The van der Waals surface area contributed by atoms with Crippen LogP contribution >= 0.6 is 0 Å². The summed E-state index contributed by atoms with van der Waals surface area (Å²) in [5.41, 5.74) is 9.46. The molecule has 55 heavy (non-hydrogen) atoms. The van der Waals surface area contributed by atoms with E-state index in [0.717, 1.165) is 115 Å². The van der Waals surface area contributed by atoms with Crippen molar-refractivity contribution in [2.24, 2.45) is 29.6 Å². The monoisotopic (exact) mass is 741 g/mol. The minimum Gasteiger partial charge on any atom is -0.382 e. The molecule has 2 aromatic carbocycles. The lowest BCUT2D eigenvalue weighted by atomic mass is 9.51. The van der Waals surface area contributed by atoms with Gasteiger partial charge in [-0.3, -0.25) is 19.4 Å². The molecule has 292 valence electrons. The number of nitrogens with zero attached hydrogens (tertiary/aromatic N) is 2. The van der Waals surface area contributed by atoms with Crippen LogP contribution in [0.2, 0.25) is 0 Å². The topological polar surface area (TPSA) is 88.5 Å². The molecule has 0 radical (unpaired) electrons. The average molecular weight is 742 g/mol. The molecular weight excluding hydrogens is 679 g/mol. The summed E-state index contributed by atoms with van der Waals surface area (Å²) < 4.78 is 0. The second kappa shape index (κ2) is 16.7. The molecule has 0 amide bonds. The number of allylic oxidation sites excluding steroid dienone is 5. The molecule has 1 saturated heterocycles. The molecule has 2 aromatic rings. The highest BCUT2D eigenvalue weighted by atomic mass is 16.1. The largest absolute Gasteiger partial charge is 0.382 e. The quantitative estimate of drug-likeness (QED) is 0.125. The highest BCUT2D eigenvalue weighted by Gasteiger charge is 2.48. The summed E-state index contributed by atoms with van der Waals surface area (Å²) in [6.45, 7) is 14.5. The number of rotatable bonds is 15. The summed E-state index contributed by atoms with van der Waals surface area (Å²) in [5.74, 6) is 4.94. The Hall–Kier alpha value is -3.81. The number of ketones is 2. The molecule has 3 N–H and O–H groups in total. The van der Waals surface area contributed by atoms with Gasteiger partial charge < -0.3 is 16.0 Å². The molecule has 0 aromatic heterocycles.